The summed E-state index contributed by atoms with van der Waals surface area (Å²) in [5.41, 5.74) is 3.77. The number of benzene rings is 4. The minimum absolute atomic E-state index is 1.21. The van der Waals surface area contributed by atoms with Crippen molar-refractivity contribution < 1.29 is 0 Å². The van der Waals surface area contributed by atoms with Crippen LogP contribution in [-0.2, 0) is 0 Å². The Morgan fingerprint density at radius 2 is 1.04 bits per heavy atom. The molecule has 0 aliphatic rings. The van der Waals surface area contributed by atoms with E-state index in [9.17, 15) is 0 Å². The Labute approximate surface area is 140 Å². The van der Waals surface area contributed by atoms with Crippen LogP contribution >= 0.6 is 0 Å². The van der Waals surface area contributed by atoms with Gasteiger partial charge in [-0.25, -0.2) is 0 Å². The van der Waals surface area contributed by atoms with E-state index in [0.29, 0.717) is 0 Å². The van der Waals surface area contributed by atoms with Crippen molar-refractivity contribution >= 4 is 32.4 Å². The third-order valence-electron chi connectivity index (χ3n) is 4.89. The molecule has 0 saturated carbocycles. The van der Waals surface area contributed by atoms with Crippen molar-refractivity contribution in [1.82, 2.24) is 4.57 Å². The molecule has 0 aliphatic heterocycles. The van der Waals surface area contributed by atoms with Gasteiger partial charge < -0.3 is 4.57 Å². The molecule has 0 amide bonds. The van der Waals surface area contributed by atoms with Crippen molar-refractivity contribution in [3.63, 3.8) is 0 Å². The first kappa shape index (κ1) is 13.4. The summed E-state index contributed by atoms with van der Waals surface area (Å²) >= 11 is 0. The van der Waals surface area contributed by atoms with Gasteiger partial charge in [-0.2, -0.15) is 0 Å². The Morgan fingerprint density at radius 1 is 0.542 bits per heavy atom. The van der Waals surface area contributed by atoms with Crippen LogP contribution < -0.4 is 0 Å². The first-order valence-electron chi connectivity index (χ1n) is 8.31. The molecule has 24 heavy (non-hydrogen) atoms. The van der Waals surface area contributed by atoms with Crippen LogP contribution in [0, 0.1) is 6.92 Å². The summed E-state index contributed by atoms with van der Waals surface area (Å²) < 4.78 is 2.38. The Balaban J connectivity index is 2.09. The lowest BCUT2D eigenvalue weighted by molar-refractivity contribution is 1.06. The maximum Gasteiger partial charge on any atom is 0.0616 e. The summed E-state index contributed by atoms with van der Waals surface area (Å²) in [6, 6.07) is 30.4. The first-order valence-corrected chi connectivity index (χ1v) is 8.31. The molecule has 0 unspecified atom stereocenters. The second-order valence-electron chi connectivity index (χ2n) is 6.31. The number of aromatic nitrogens is 1. The van der Waals surface area contributed by atoms with Crippen LogP contribution in [0.3, 0.4) is 0 Å². The average Bonchev–Trinajstić information content (AvgIpc) is 3.00. The van der Waals surface area contributed by atoms with E-state index in [4.69, 9.17) is 0 Å². The minimum Gasteiger partial charge on any atom is -0.313 e. The molecule has 1 heterocycles. The smallest absolute Gasteiger partial charge is 0.0616 e. The highest BCUT2D eigenvalue weighted by Gasteiger charge is 2.14. The molecule has 114 valence electrons. The number of fused-ring (bicyclic) bond motifs is 6. The van der Waals surface area contributed by atoms with Crippen molar-refractivity contribution in [2.45, 2.75) is 6.92 Å². The van der Waals surface area contributed by atoms with Gasteiger partial charge in [0.1, 0.15) is 0 Å². The van der Waals surface area contributed by atoms with E-state index in [1.807, 2.05) is 0 Å². The van der Waals surface area contributed by atoms with Crippen LogP contribution in [0.2, 0.25) is 0 Å². The zero-order chi connectivity index (χ0) is 16.1. The Bertz CT molecular complexity index is 1200. The topological polar surface area (TPSA) is 4.93 Å². The lowest BCUT2D eigenvalue weighted by atomic mass is 9.98. The molecular formula is C23H17N. The normalized spacial score (nSPS) is 11.5. The molecule has 0 aliphatic carbocycles. The highest BCUT2D eigenvalue weighted by molar-refractivity contribution is 6.25. The number of nitrogens with zero attached hydrogens (tertiary/aromatic N) is 1. The molecule has 0 radical (unpaired) electrons. The predicted molar refractivity (Wildman–Crippen MR) is 103 cm³/mol. The summed E-state index contributed by atoms with van der Waals surface area (Å²) in [5, 5.41) is 6.60. The second-order valence-corrected chi connectivity index (χ2v) is 6.31. The van der Waals surface area contributed by atoms with Crippen molar-refractivity contribution in [2.75, 3.05) is 0 Å². The van der Waals surface area contributed by atoms with Crippen LogP contribution in [0.4, 0.5) is 0 Å². The minimum atomic E-state index is 1.21. The number of aryl methyl sites for hydroxylation is 1. The summed E-state index contributed by atoms with van der Waals surface area (Å²) in [6.07, 6.45) is 0. The van der Waals surface area contributed by atoms with Gasteiger partial charge in [-0.1, -0.05) is 66.7 Å². The maximum atomic E-state index is 2.38. The van der Waals surface area contributed by atoms with E-state index in [0.717, 1.165) is 0 Å². The molecule has 1 heteroatoms. The number of para-hydroxylation sites is 1. The summed E-state index contributed by atoms with van der Waals surface area (Å²) in [6.45, 7) is 2.19. The zero-order valence-corrected chi connectivity index (χ0v) is 13.5. The third kappa shape index (κ3) is 1.75. The van der Waals surface area contributed by atoms with Crippen molar-refractivity contribution in [2.24, 2.45) is 0 Å². The third-order valence-corrected chi connectivity index (χ3v) is 4.89. The van der Waals surface area contributed by atoms with Gasteiger partial charge in [0.15, 0.2) is 0 Å². The highest BCUT2D eigenvalue weighted by Crippen LogP contribution is 2.37. The summed E-state index contributed by atoms with van der Waals surface area (Å²) in [5.74, 6) is 0. The quantitative estimate of drug-likeness (QED) is 0.323. The van der Waals surface area contributed by atoms with Crippen LogP contribution in [0.5, 0.6) is 0 Å². The fourth-order valence-electron chi connectivity index (χ4n) is 3.90. The molecule has 0 atom stereocenters. The Kier molecular flexibility index (Phi) is 2.77. The van der Waals surface area contributed by atoms with Crippen molar-refractivity contribution in [3.8, 4) is 5.69 Å². The molecule has 0 fully saturated rings. The number of hydrogen-bond acceptors (Lipinski definition) is 0. The van der Waals surface area contributed by atoms with Gasteiger partial charge in [-0.3, -0.25) is 0 Å². The van der Waals surface area contributed by atoms with Gasteiger partial charge in [-0.05, 0) is 41.3 Å². The molecule has 0 N–H and O–H groups in total. The zero-order valence-electron chi connectivity index (χ0n) is 13.5. The van der Waals surface area contributed by atoms with Crippen LogP contribution in [0.1, 0.15) is 5.69 Å². The molecular weight excluding hydrogens is 290 g/mol. The standard InChI is InChI=1S/C23H17N/c1-16-15-22-20-13-6-5-11-18(20)19-12-7-8-14-21(19)23(22)24(16)17-9-3-2-4-10-17/h2-15H,1H3. The van der Waals surface area contributed by atoms with Gasteiger partial charge in [0.2, 0.25) is 0 Å². The van der Waals surface area contributed by atoms with E-state index < -0.39 is 0 Å². The fourth-order valence-corrected chi connectivity index (χ4v) is 3.90. The van der Waals surface area contributed by atoms with Crippen LogP contribution in [0.15, 0.2) is 84.9 Å². The SMILES string of the molecule is Cc1cc2c3ccccc3c3ccccc3c2n1-c1ccccc1. The molecule has 1 aromatic heterocycles. The lowest BCUT2D eigenvalue weighted by Gasteiger charge is -2.12. The number of hydrogen-bond donors (Lipinski definition) is 0. The monoisotopic (exact) mass is 307 g/mol. The van der Waals surface area contributed by atoms with Crippen LogP contribution in [-0.4, -0.2) is 4.57 Å². The molecule has 5 rings (SSSR count). The van der Waals surface area contributed by atoms with Gasteiger partial charge in [-0.15, -0.1) is 0 Å². The second kappa shape index (κ2) is 4.97. The summed E-state index contributed by atoms with van der Waals surface area (Å²) in [7, 11) is 0. The molecule has 0 spiro atoms. The molecule has 1 nitrogen and oxygen atoms in total. The number of rotatable bonds is 1. The van der Waals surface area contributed by atoms with Gasteiger partial charge in [0.25, 0.3) is 0 Å². The van der Waals surface area contributed by atoms with Gasteiger partial charge in [0, 0.05) is 22.2 Å². The first-order chi connectivity index (χ1) is 11.8. The lowest BCUT2D eigenvalue weighted by Crippen LogP contribution is -1.96. The largest absolute Gasteiger partial charge is 0.313 e. The van der Waals surface area contributed by atoms with Crippen LogP contribution in [0.25, 0.3) is 38.1 Å². The highest BCUT2D eigenvalue weighted by atomic mass is 15.0. The van der Waals surface area contributed by atoms with Crippen molar-refractivity contribution in [3.05, 3.63) is 90.6 Å². The molecule has 4 aromatic carbocycles. The maximum absolute atomic E-state index is 2.38. The Morgan fingerprint density at radius 3 is 1.71 bits per heavy atom. The van der Waals surface area contributed by atoms with Crippen molar-refractivity contribution in [1.29, 1.82) is 0 Å². The molecule has 0 bridgehead atoms. The average molecular weight is 307 g/mol. The van der Waals surface area contributed by atoms with E-state index >= 15 is 0 Å². The van der Waals surface area contributed by atoms with E-state index in [1.165, 1.54) is 43.8 Å². The van der Waals surface area contributed by atoms with E-state index in [1.54, 1.807) is 0 Å². The summed E-state index contributed by atoms with van der Waals surface area (Å²) in [4.78, 5) is 0. The molecule has 0 saturated heterocycles. The van der Waals surface area contributed by atoms with E-state index in [2.05, 4.69) is 96.4 Å². The molecule has 5 aromatic rings. The predicted octanol–water partition coefficient (Wildman–Crippen LogP) is 6.25. The Hall–Kier alpha value is -3.06. The van der Waals surface area contributed by atoms with Gasteiger partial charge in [0.05, 0.1) is 5.52 Å². The fraction of sp³-hybridized carbons (Fsp3) is 0.0435. The van der Waals surface area contributed by atoms with E-state index in [-0.39, 0.29) is 0 Å². The van der Waals surface area contributed by atoms with Gasteiger partial charge >= 0.3 is 0 Å².